The lowest BCUT2D eigenvalue weighted by atomic mass is 9.92. The van der Waals surface area contributed by atoms with E-state index in [-0.39, 0.29) is 23.8 Å². The van der Waals surface area contributed by atoms with Crippen LogP contribution in [0.1, 0.15) is 71.6 Å². The molecule has 0 amide bonds. The van der Waals surface area contributed by atoms with Gasteiger partial charge in [-0.05, 0) is 43.9 Å². The van der Waals surface area contributed by atoms with Crippen molar-refractivity contribution in [3.63, 3.8) is 0 Å². The quantitative estimate of drug-likeness (QED) is 0.447. The van der Waals surface area contributed by atoms with Gasteiger partial charge in [-0.2, -0.15) is 0 Å². The van der Waals surface area contributed by atoms with Gasteiger partial charge in [0, 0.05) is 0 Å². The van der Waals surface area contributed by atoms with Crippen LogP contribution in [0, 0.1) is 11.8 Å². The largest absolute Gasteiger partial charge is 0.462 e. The summed E-state index contributed by atoms with van der Waals surface area (Å²) in [6.45, 7) is 5.14. The predicted molar refractivity (Wildman–Crippen MR) is 88.8 cm³/mol. The van der Waals surface area contributed by atoms with Crippen LogP contribution in [0.4, 0.5) is 0 Å². The summed E-state index contributed by atoms with van der Waals surface area (Å²) >= 11 is 0. The first kappa shape index (κ1) is 18.0. The van der Waals surface area contributed by atoms with E-state index in [4.69, 9.17) is 9.47 Å². The summed E-state index contributed by atoms with van der Waals surface area (Å²) in [6, 6.07) is 0. The first-order valence-electron chi connectivity index (χ1n) is 9.27. The average Bonchev–Trinajstić information content (AvgIpc) is 3.16. The van der Waals surface area contributed by atoms with Gasteiger partial charge in [-0.1, -0.05) is 39.5 Å². The van der Waals surface area contributed by atoms with Gasteiger partial charge in [0.15, 0.2) is 0 Å². The van der Waals surface area contributed by atoms with Crippen molar-refractivity contribution in [1.82, 2.24) is 0 Å². The van der Waals surface area contributed by atoms with Gasteiger partial charge in [-0.15, -0.1) is 0 Å². The summed E-state index contributed by atoms with van der Waals surface area (Å²) < 4.78 is 10.8. The van der Waals surface area contributed by atoms with Gasteiger partial charge in [-0.3, -0.25) is 0 Å². The Bertz CT molecular complexity index is 412. The average molecular weight is 322 g/mol. The fourth-order valence-corrected chi connectivity index (χ4v) is 3.69. The summed E-state index contributed by atoms with van der Waals surface area (Å²) in [6.07, 6.45) is 9.00. The molecule has 0 aromatic rings. The highest BCUT2D eigenvalue weighted by Gasteiger charge is 2.45. The molecule has 2 aliphatic carbocycles. The molecule has 2 aliphatic rings. The number of fused-ring (bicyclic) bond motifs is 2. The van der Waals surface area contributed by atoms with Crippen LogP contribution in [0.25, 0.3) is 0 Å². The Morgan fingerprint density at radius 2 is 1.26 bits per heavy atom. The minimum atomic E-state index is -0.284. The zero-order valence-electron chi connectivity index (χ0n) is 14.6. The standard InChI is InChI=1S/C19H30O4/c1-3-5-7-11-22-18(20)16-14-9-10-15(13-14)17(16)19(21)23-12-8-6-4-2/h14-15H,3-13H2,1-2H3. The van der Waals surface area contributed by atoms with E-state index in [1.54, 1.807) is 0 Å². The zero-order chi connectivity index (χ0) is 16.7. The fraction of sp³-hybridized carbons (Fsp3) is 0.789. The minimum Gasteiger partial charge on any atom is -0.462 e. The number of hydrogen-bond acceptors (Lipinski definition) is 4. The fourth-order valence-electron chi connectivity index (χ4n) is 3.69. The summed E-state index contributed by atoms with van der Waals surface area (Å²) in [5.74, 6) is -0.156. The van der Waals surface area contributed by atoms with Gasteiger partial charge < -0.3 is 9.47 Å². The number of esters is 2. The highest BCUT2D eigenvalue weighted by molar-refractivity contribution is 6.02. The van der Waals surface area contributed by atoms with E-state index in [1.807, 2.05) is 0 Å². The minimum absolute atomic E-state index is 0.205. The van der Waals surface area contributed by atoms with Crippen LogP contribution in [-0.2, 0) is 19.1 Å². The van der Waals surface area contributed by atoms with Crippen molar-refractivity contribution in [2.75, 3.05) is 13.2 Å². The number of carbonyl (C=O) groups is 2. The SMILES string of the molecule is CCCCCOC(=O)C1=C(C(=O)OCCCCC)C2CCC1C2. The lowest BCUT2D eigenvalue weighted by molar-refractivity contribution is -0.143. The Morgan fingerprint density at radius 1 is 0.826 bits per heavy atom. The molecule has 130 valence electrons. The number of unbranched alkanes of at least 4 members (excludes halogenated alkanes) is 4. The monoisotopic (exact) mass is 322 g/mol. The van der Waals surface area contributed by atoms with Crippen molar-refractivity contribution >= 4 is 11.9 Å². The van der Waals surface area contributed by atoms with Crippen molar-refractivity contribution in [1.29, 1.82) is 0 Å². The molecule has 0 N–H and O–H groups in total. The molecular weight excluding hydrogens is 292 g/mol. The summed E-state index contributed by atoms with van der Waals surface area (Å²) in [4.78, 5) is 24.8. The summed E-state index contributed by atoms with van der Waals surface area (Å²) in [5.41, 5.74) is 1.25. The third kappa shape index (κ3) is 4.58. The Labute approximate surface area is 139 Å². The Kier molecular flexibility index (Phi) is 7.13. The lowest BCUT2D eigenvalue weighted by Crippen LogP contribution is -2.21. The molecule has 0 spiro atoms. The third-order valence-electron chi connectivity index (χ3n) is 4.94. The molecule has 0 aliphatic heterocycles. The Hall–Kier alpha value is -1.32. The van der Waals surface area contributed by atoms with Crippen LogP contribution in [0.5, 0.6) is 0 Å². The van der Waals surface area contributed by atoms with E-state index in [9.17, 15) is 9.59 Å². The molecule has 2 rings (SSSR count). The molecule has 0 saturated heterocycles. The molecule has 4 heteroatoms. The van der Waals surface area contributed by atoms with Gasteiger partial charge >= 0.3 is 11.9 Å². The summed E-state index contributed by atoms with van der Waals surface area (Å²) in [5, 5.41) is 0. The molecule has 2 unspecified atom stereocenters. The van der Waals surface area contributed by atoms with Crippen LogP contribution in [-0.4, -0.2) is 25.2 Å². The number of ether oxygens (including phenoxy) is 2. The second-order valence-electron chi connectivity index (χ2n) is 6.72. The molecule has 0 heterocycles. The maximum absolute atomic E-state index is 12.4. The molecule has 4 nitrogen and oxygen atoms in total. The van der Waals surface area contributed by atoms with Crippen LogP contribution in [0.15, 0.2) is 11.1 Å². The molecule has 2 atom stereocenters. The molecule has 1 saturated carbocycles. The number of hydrogen-bond donors (Lipinski definition) is 0. The van der Waals surface area contributed by atoms with Gasteiger partial charge in [-0.25, -0.2) is 9.59 Å². The molecule has 0 aromatic heterocycles. The van der Waals surface area contributed by atoms with Crippen LogP contribution < -0.4 is 0 Å². The highest BCUT2D eigenvalue weighted by atomic mass is 16.5. The smallest absolute Gasteiger partial charge is 0.334 e. The third-order valence-corrected chi connectivity index (χ3v) is 4.94. The first-order valence-corrected chi connectivity index (χ1v) is 9.27. The normalized spacial score (nSPS) is 22.5. The van der Waals surface area contributed by atoms with Crippen molar-refractivity contribution in [2.45, 2.75) is 71.6 Å². The molecule has 23 heavy (non-hydrogen) atoms. The maximum atomic E-state index is 12.4. The van der Waals surface area contributed by atoms with Crippen LogP contribution in [0.2, 0.25) is 0 Å². The maximum Gasteiger partial charge on any atom is 0.334 e. The van der Waals surface area contributed by atoms with Crippen molar-refractivity contribution in [3.05, 3.63) is 11.1 Å². The predicted octanol–water partition coefficient (Wildman–Crippen LogP) is 4.18. The second kappa shape index (κ2) is 9.09. The van der Waals surface area contributed by atoms with Crippen LogP contribution in [0.3, 0.4) is 0 Å². The lowest BCUT2D eigenvalue weighted by Gasteiger charge is -2.18. The number of carbonyl (C=O) groups excluding carboxylic acids is 2. The van der Waals surface area contributed by atoms with Gasteiger partial charge in [0.1, 0.15) is 0 Å². The van der Waals surface area contributed by atoms with Gasteiger partial charge in [0.25, 0.3) is 0 Å². The van der Waals surface area contributed by atoms with Gasteiger partial charge in [0.05, 0.1) is 24.4 Å². The van der Waals surface area contributed by atoms with E-state index in [0.29, 0.717) is 24.4 Å². The van der Waals surface area contributed by atoms with E-state index < -0.39 is 0 Å². The zero-order valence-corrected chi connectivity index (χ0v) is 14.6. The summed E-state index contributed by atoms with van der Waals surface area (Å²) in [7, 11) is 0. The first-order chi connectivity index (χ1) is 11.2. The Morgan fingerprint density at radius 3 is 1.65 bits per heavy atom. The van der Waals surface area contributed by atoms with Crippen LogP contribution >= 0.6 is 0 Å². The highest BCUT2D eigenvalue weighted by Crippen LogP contribution is 2.49. The van der Waals surface area contributed by atoms with Crippen molar-refractivity contribution in [3.8, 4) is 0 Å². The molecule has 1 fully saturated rings. The van der Waals surface area contributed by atoms with Crippen molar-refractivity contribution in [2.24, 2.45) is 11.8 Å². The molecule has 0 radical (unpaired) electrons. The Balaban J connectivity index is 1.96. The molecule has 0 aromatic carbocycles. The van der Waals surface area contributed by atoms with E-state index in [2.05, 4.69) is 13.8 Å². The molecule has 2 bridgehead atoms. The van der Waals surface area contributed by atoms with E-state index in [0.717, 1.165) is 57.8 Å². The topological polar surface area (TPSA) is 52.6 Å². The second-order valence-corrected chi connectivity index (χ2v) is 6.72. The molecular formula is C19H30O4. The number of rotatable bonds is 10. The van der Waals surface area contributed by atoms with E-state index >= 15 is 0 Å². The van der Waals surface area contributed by atoms with E-state index in [1.165, 1.54) is 0 Å². The van der Waals surface area contributed by atoms with Gasteiger partial charge in [0.2, 0.25) is 0 Å². The van der Waals surface area contributed by atoms with Crippen molar-refractivity contribution < 1.29 is 19.1 Å².